The van der Waals surface area contributed by atoms with Crippen molar-refractivity contribution in [1.29, 1.82) is 0 Å². The van der Waals surface area contributed by atoms with E-state index >= 15 is 0 Å². The largest absolute Gasteiger partial charge is 0.326 e. The molecule has 1 aromatic carbocycles. The van der Waals surface area contributed by atoms with E-state index < -0.39 is 5.82 Å². The number of aromatic nitrogens is 1. The van der Waals surface area contributed by atoms with Crippen molar-refractivity contribution in [3.8, 4) is 0 Å². The van der Waals surface area contributed by atoms with Crippen LogP contribution in [0.4, 0.5) is 10.1 Å². The number of amides is 1. The van der Waals surface area contributed by atoms with Crippen LogP contribution in [0.15, 0.2) is 29.8 Å². The molecule has 0 saturated heterocycles. The third-order valence-corrected chi connectivity index (χ3v) is 5.57. The molecule has 1 amide bonds. The van der Waals surface area contributed by atoms with Crippen LogP contribution in [0.2, 0.25) is 5.02 Å². The van der Waals surface area contributed by atoms with E-state index in [-0.39, 0.29) is 10.9 Å². The molecule has 6 heteroatoms. The van der Waals surface area contributed by atoms with E-state index in [9.17, 15) is 9.18 Å². The molecular weight excluding hydrogens is 335 g/mol. The lowest BCUT2D eigenvalue weighted by Crippen LogP contribution is -2.20. The Kier molecular flexibility index (Phi) is 5.28. The summed E-state index contributed by atoms with van der Waals surface area (Å²) >= 11 is 7.35. The molecule has 0 unspecified atom stereocenters. The van der Waals surface area contributed by atoms with Crippen molar-refractivity contribution in [3.05, 3.63) is 45.6 Å². The molecule has 23 heavy (non-hydrogen) atoms. The summed E-state index contributed by atoms with van der Waals surface area (Å²) in [5.74, 6) is 0.348. The van der Waals surface area contributed by atoms with Gasteiger partial charge in [-0.15, -0.1) is 11.3 Å². The van der Waals surface area contributed by atoms with Gasteiger partial charge in [0.15, 0.2) is 0 Å². The molecule has 0 spiro atoms. The van der Waals surface area contributed by atoms with Crippen LogP contribution >= 0.6 is 22.9 Å². The van der Waals surface area contributed by atoms with Gasteiger partial charge in [0.2, 0.25) is 5.91 Å². The molecule has 3 nitrogen and oxygen atoms in total. The van der Waals surface area contributed by atoms with Gasteiger partial charge in [-0.25, -0.2) is 9.37 Å². The molecule has 3 rings (SSSR count). The van der Waals surface area contributed by atoms with Crippen LogP contribution in [0.3, 0.4) is 0 Å². The highest BCUT2D eigenvalue weighted by Crippen LogP contribution is 2.37. The van der Waals surface area contributed by atoms with Gasteiger partial charge in [-0.2, -0.15) is 0 Å². The second-order valence-corrected chi connectivity index (χ2v) is 7.30. The summed E-state index contributed by atoms with van der Waals surface area (Å²) < 4.78 is 13.4. The second kappa shape index (κ2) is 7.41. The van der Waals surface area contributed by atoms with E-state index in [0.717, 1.165) is 25.7 Å². The normalized spacial score (nSPS) is 21.1. The van der Waals surface area contributed by atoms with Crippen LogP contribution in [0.1, 0.15) is 43.0 Å². The number of carbonyl (C=O) groups excluding carboxylic acids is 1. The van der Waals surface area contributed by atoms with Crippen molar-refractivity contribution in [2.24, 2.45) is 5.92 Å². The Morgan fingerprint density at radius 2 is 2.13 bits per heavy atom. The van der Waals surface area contributed by atoms with E-state index in [2.05, 4.69) is 10.3 Å². The van der Waals surface area contributed by atoms with Gasteiger partial charge in [0.1, 0.15) is 5.82 Å². The zero-order valence-corrected chi connectivity index (χ0v) is 14.2. The van der Waals surface area contributed by atoms with E-state index in [1.54, 1.807) is 17.4 Å². The number of thiazole rings is 1. The number of carbonyl (C=O) groups is 1. The molecule has 1 aliphatic rings. The van der Waals surface area contributed by atoms with Crippen molar-refractivity contribution in [1.82, 2.24) is 4.98 Å². The molecule has 0 atom stereocenters. The summed E-state index contributed by atoms with van der Waals surface area (Å²) in [6.07, 6.45) is 6.57. The van der Waals surface area contributed by atoms with Crippen LogP contribution < -0.4 is 5.32 Å². The van der Waals surface area contributed by atoms with Crippen molar-refractivity contribution in [3.63, 3.8) is 0 Å². The predicted octanol–water partition coefficient (Wildman–Crippen LogP) is 5.24. The minimum Gasteiger partial charge on any atom is -0.326 e. The first-order chi connectivity index (χ1) is 11.1. The Bertz CT molecular complexity index is 669. The smallest absolute Gasteiger partial charge is 0.224 e. The molecule has 0 radical (unpaired) electrons. The van der Waals surface area contributed by atoms with E-state index in [1.807, 2.05) is 11.6 Å². The van der Waals surface area contributed by atoms with Gasteiger partial charge in [0.25, 0.3) is 0 Å². The number of nitrogens with one attached hydrogen (secondary N) is 1. The van der Waals surface area contributed by atoms with E-state index in [1.165, 1.54) is 17.1 Å². The summed E-state index contributed by atoms with van der Waals surface area (Å²) in [6.45, 7) is 0. The van der Waals surface area contributed by atoms with Gasteiger partial charge >= 0.3 is 0 Å². The lowest BCUT2D eigenvalue weighted by molar-refractivity contribution is -0.117. The average molecular weight is 353 g/mol. The highest BCUT2D eigenvalue weighted by molar-refractivity contribution is 7.09. The van der Waals surface area contributed by atoms with Crippen LogP contribution in [-0.4, -0.2) is 10.9 Å². The molecule has 1 aliphatic carbocycles. The summed E-state index contributed by atoms with van der Waals surface area (Å²) in [7, 11) is 0. The van der Waals surface area contributed by atoms with Gasteiger partial charge in [-0.1, -0.05) is 11.6 Å². The van der Waals surface area contributed by atoms with Crippen LogP contribution in [0.25, 0.3) is 0 Å². The molecule has 1 fully saturated rings. The highest BCUT2D eigenvalue weighted by Gasteiger charge is 2.25. The van der Waals surface area contributed by atoms with Crippen molar-refractivity contribution in [2.45, 2.75) is 38.0 Å². The maximum absolute atomic E-state index is 13.4. The summed E-state index contributed by atoms with van der Waals surface area (Å²) in [5.41, 5.74) is 0.452. The SMILES string of the molecule is O=C(C[C@H]1CC[C@H](c2nccs2)CC1)Nc1ccc(Cl)c(F)c1. The van der Waals surface area contributed by atoms with Gasteiger partial charge in [0, 0.05) is 29.6 Å². The lowest BCUT2D eigenvalue weighted by atomic mass is 9.80. The summed E-state index contributed by atoms with van der Waals surface area (Å²) in [6, 6.07) is 4.31. The first kappa shape index (κ1) is 16.4. The van der Waals surface area contributed by atoms with Gasteiger partial charge in [-0.3, -0.25) is 4.79 Å². The number of rotatable bonds is 4. The second-order valence-electron chi connectivity index (χ2n) is 5.97. The quantitative estimate of drug-likeness (QED) is 0.817. The Hall–Kier alpha value is -1.46. The minimum atomic E-state index is -0.520. The Balaban J connectivity index is 1.48. The number of hydrogen-bond acceptors (Lipinski definition) is 3. The van der Waals surface area contributed by atoms with Gasteiger partial charge < -0.3 is 5.32 Å². The lowest BCUT2D eigenvalue weighted by Gasteiger charge is -2.26. The Morgan fingerprint density at radius 3 is 2.78 bits per heavy atom. The molecule has 0 aliphatic heterocycles. The molecule has 1 saturated carbocycles. The fourth-order valence-corrected chi connectivity index (χ4v) is 4.03. The van der Waals surface area contributed by atoms with Crippen LogP contribution in [0.5, 0.6) is 0 Å². The Labute approximate surface area is 143 Å². The molecule has 2 aromatic rings. The van der Waals surface area contributed by atoms with Crippen molar-refractivity contribution < 1.29 is 9.18 Å². The molecule has 0 bridgehead atoms. The van der Waals surface area contributed by atoms with Crippen molar-refractivity contribution in [2.75, 3.05) is 5.32 Å². The molecular formula is C17H18ClFN2OS. The molecule has 1 N–H and O–H groups in total. The number of anilines is 1. The number of hydrogen-bond donors (Lipinski definition) is 1. The molecule has 122 valence electrons. The first-order valence-electron chi connectivity index (χ1n) is 7.76. The monoisotopic (exact) mass is 352 g/mol. The first-order valence-corrected chi connectivity index (χ1v) is 9.02. The van der Waals surface area contributed by atoms with Gasteiger partial charge in [-0.05, 0) is 49.8 Å². The van der Waals surface area contributed by atoms with Crippen LogP contribution in [-0.2, 0) is 4.79 Å². The number of benzene rings is 1. The standard InChI is InChI=1S/C17H18ClFN2OS/c18-14-6-5-13(10-15(14)19)21-16(22)9-11-1-3-12(4-2-11)17-20-7-8-23-17/h5-8,10-12H,1-4,9H2,(H,21,22)/t11-,12-. The van der Waals surface area contributed by atoms with Crippen LogP contribution in [0, 0.1) is 11.7 Å². The zero-order valence-electron chi connectivity index (χ0n) is 12.6. The third kappa shape index (κ3) is 4.30. The maximum atomic E-state index is 13.4. The summed E-state index contributed by atoms with van der Waals surface area (Å²) in [4.78, 5) is 16.5. The maximum Gasteiger partial charge on any atom is 0.224 e. The van der Waals surface area contributed by atoms with Gasteiger partial charge in [0.05, 0.1) is 10.0 Å². The highest BCUT2D eigenvalue weighted by atomic mass is 35.5. The third-order valence-electron chi connectivity index (χ3n) is 4.32. The average Bonchev–Trinajstić information content (AvgIpc) is 3.06. The number of nitrogens with zero attached hydrogens (tertiary/aromatic N) is 1. The minimum absolute atomic E-state index is 0.0588. The zero-order chi connectivity index (χ0) is 16.2. The topological polar surface area (TPSA) is 42.0 Å². The van der Waals surface area contributed by atoms with E-state index in [4.69, 9.17) is 11.6 Å². The number of halogens is 2. The predicted molar refractivity (Wildman–Crippen MR) is 91.5 cm³/mol. The molecule has 1 aromatic heterocycles. The fraction of sp³-hybridized carbons (Fsp3) is 0.412. The van der Waals surface area contributed by atoms with Crippen molar-refractivity contribution >= 4 is 34.5 Å². The van der Waals surface area contributed by atoms with E-state index in [0.29, 0.717) is 23.9 Å². The molecule has 1 heterocycles. The Morgan fingerprint density at radius 1 is 1.35 bits per heavy atom. The fourth-order valence-electron chi connectivity index (χ4n) is 3.10. The summed E-state index contributed by atoms with van der Waals surface area (Å²) in [5, 5.41) is 6.03.